The Morgan fingerprint density at radius 3 is 1.85 bits per heavy atom. The molecule has 0 saturated carbocycles. The maximum Gasteiger partial charge on any atom is 0.114 e. The molecule has 0 radical (unpaired) electrons. The number of para-hydroxylation sites is 2. The number of fused-ring (bicyclic) bond motifs is 4. The fourth-order valence-electron chi connectivity index (χ4n) is 6.57. The van der Waals surface area contributed by atoms with Crippen LogP contribution in [0.1, 0.15) is 12.7 Å². The second kappa shape index (κ2) is 9.46. The quantitative estimate of drug-likeness (QED) is 0.209. The van der Waals surface area contributed by atoms with Gasteiger partial charge in [-0.25, -0.2) is 4.98 Å². The smallest absolute Gasteiger partial charge is 0.114 e. The molecular formula is C39H28N2. The zero-order valence-electron chi connectivity index (χ0n) is 22.9. The van der Waals surface area contributed by atoms with Crippen molar-refractivity contribution < 1.29 is 0 Å². The summed E-state index contributed by atoms with van der Waals surface area (Å²) >= 11 is 0. The third kappa shape index (κ3) is 3.68. The Kier molecular flexibility index (Phi) is 5.46. The molecule has 194 valence electrons. The minimum absolute atomic E-state index is 0.866. The van der Waals surface area contributed by atoms with Crippen LogP contribution < -0.4 is 0 Å². The van der Waals surface area contributed by atoms with Gasteiger partial charge < -0.3 is 0 Å². The maximum absolute atomic E-state index is 4.94. The molecule has 0 atom stereocenters. The Hall–Kier alpha value is -5.21. The van der Waals surface area contributed by atoms with Gasteiger partial charge >= 0.3 is 0 Å². The average molecular weight is 525 g/mol. The van der Waals surface area contributed by atoms with Crippen LogP contribution in [0, 0.1) is 0 Å². The van der Waals surface area contributed by atoms with Gasteiger partial charge in [-0.05, 0) is 78.8 Å². The van der Waals surface area contributed by atoms with Crippen molar-refractivity contribution in [2.45, 2.75) is 13.3 Å². The second-order valence-corrected chi connectivity index (χ2v) is 10.6. The van der Waals surface area contributed by atoms with Gasteiger partial charge in [0.1, 0.15) is 5.82 Å². The third-order valence-corrected chi connectivity index (χ3v) is 8.33. The minimum Gasteiger partial charge on any atom is -0.296 e. The van der Waals surface area contributed by atoms with E-state index in [2.05, 4.69) is 151 Å². The van der Waals surface area contributed by atoms with Crippen LogP contribution >= 0.6 is 0 Å². The molecule has 0 spiro atoms. The van der Waals surface area contributed by atoms with Gasteiger partial charge in [0, 0.05) is 12.1 Å². The van der Waals surface area contributed by atoms with E-state index in [1.165, 1.54) is 54.6 Å². The van der Waals surface area contributed by atoms with Crippen LogP contribution in [0.15, 0.2) is 140 Å². The van der Waals surface area contributed by atoms with Crippen molar-refractivity contribution in [1.29, 1.82) is 0 Å². The molecule has 0 N–H and O–H groups in total. The van der Waals surface area contributed by atoms with E-state index in [0.29, 0.717) is 0 Å². The summed E-state index contributed by atoms with van der Waals surface area (Å²) in [6.07, 6.45) is 0.866. The number of hydrogen-bond donors (Lipinski definition) is 0. The minimum atomic E-state index is 0.866. The Bertz CT molecular complexity index is 2190. The van der Waals surface area contributed by atoms with E-state index >= 15 is 0 Å². The van der Waals surface area contributed by atoms with Gasteiger partial charge in [-0.2, -0.15) is 0 Å². The third-order valence-electron chi connectivity index (χ3n) is 8.33. The van der Waals surface area contributed by atoms with Gasteiger partial charge in [0.15, 0.2) is 0 Å². The highest BCUT2D eigenvalue weighted by Crippen LogP contribution is 2.45. The number of nitrogens with zero attached hydrogens (tertiary/aromatic N) is 2. The van der Waals surface area contributed by atoms with Crippen LogP contribution in [0.25, 0.3) is 71.3 Å². The lowest BCUT2D eigenvalue weighted by Gasteiger charge is -2.19. The molecule has 2 nitrogen and oxygen atoms in total. The summed E-state index contributed by atoms with van der Waals surface area (Å²) in [7, 11) is 0. The zero-order chi connectivity index (χ0) is 27.3. The van der Waals surface area contributed by atoms with Crippen LogP contribution in [0.2, 0.25) is 0 Å². The summed E-state index contributed by atoms with van der Waals surface area (Å²) in [5, 5.41) is 7.60. The summed E-state index contributed by atoms with van der Waals surface area (Å²) in [4.78, 5) is 4.94. The van der Waals surface area contributed by atoms with Crippen molar-refractivity contribution in [3.8, 4) is 27.9 Å². The molecule has 8 rings (SSSR count). The predicted octanol–water partition coefficient (Wildman–Crippen LogP) is 10.4. The molecule has 0 unspecified atom stereocenters. The van der Waals surface area contributed by atoms with Crippen LogP contribution in [0.3, 0.4) is 0 Å². The molecule has 0 aliphatic carbocycles. The first-order chi connectivity index (χ1) is 20.3. The molecule has 41 heavy (non-hydrogen) atoms. The fourth-order valence-corrected chi connectivity index (χ4v) is 6.57. The fraction of sp³-hybridized carbons (Fsp3) is 0.0513. The molecule has 2 heteroatoms. The molecule has 0 aliphatic rings. The van der Waals surface area contributed by atoms with E-state index in [4.69, 9.17) is 4.98 Å². The van der Waals surface area contributed by atoms with Crippen molar-refractivity contribution in [2.24, 2.45) is 0 Å². The molecule has 0 aliphatic heterocycles. The molecule has 0 fully saturated rings. The van der Waals surface area contributed by atoms with E-state index in [1.54, 1.807) is 0 Å². The lowest BCUT2D eigenvalue weighted by Crippen LogP contribution is -2.00. The lowest BCUT2D eigenvalue weighted by molar-refractivity contribution is 0.908. The normalized spacial score (nSPS) is 11.6. The topological polar surface area (TPSA) is 17.8 Å². The summed E-state index contributed by atoms with van der Waals surface area (Å²) in [5.41, 5.74) is 8.35. The first-order valence-electron chi connectivity index (χ1n) is 14.3. The van der Waals surface area contributed by atoms with Crippen molar-refractivity contribution in [3.63, 3.8) is 0 Å². The highest BCUT2D eigenvalue weighted by atomic mass is 15.1. The standard InChI is InChI=1S/C39H28N2/c1-2-37-40-35-23-9-10-24-36(35)41(37)28-16-11-15-27(25-28)38-31-18-5-7-20-33(31)39(34-21-8-6-19-32(34)38)30-22-12-14-26-13-3-4-17-29(26)30/h3-25H,2H2,1H3. The van der Waals surface area contributed by atoms with Gasteiger partial charge in [0.25, 0.3) is 0 Å². The first-order valence-corrected chi connectivity index (χ1v) is 14.3. The number of imidazole rings is 1. The highest BCUT2D eigenvalue weighted by Gasteiger charge is 2.18. The van der Waals surface area contributed by atoms with Crippen LogP contribution in [0.5, 0.6) is 0 Å². The molecule has 1 aromatic heterocycles. The molecule has 8 aromatic rings. The average Bonchev–Trinajstić information content (AvgIpc) is 3.42. The van der Waals surface area contributed by atoms with Gasteiger partial charge in [-0.1, -0.05) is 122 Å². The van der Waals surface area contributed by atoms with Crippen LogP contribution in [-0.4, -0.2) is 9.55 Å². The van der Waals surface area contributed by atoms with Crippen molar-refractivity contribution in [3.05, 3.63) is 145 Å². The highest BCUT2D eigenvalue weighted by molar-refractivity contribution is 6.23. The summed E-state index contributed by atoms with van der Waals surface area (Å²) in [5.74, 6) is 1.07. The molecule has 0 amide bonds. The lowest BCUT2D eigenvalue weighted by atomic mass is 9.84. The Morgan fingerprint density at radius 1 is 0.537 bits per heavy atom. The predicted molar refractivity (Wildman–Crippen MR) is 174 cm³/mol. The van der Waals surface area contributed by atoms with E-state index in [0.717, 1.165) is 29.0 Å². The Labute approximate surface area is 239 Å². The number of rotatable bonds is 4. The number of aryl methyl sites for hydroxylation is 1. The van der Waals surface area contributed by atoms with E-state index in [1.807, 2.05) is 0 Å². The molecule has 0 bridgehead atoms. The zero-order valence-corrected chi connectivity index (χ0v) is 22.9. The molecule has 7 aromatic carbocycles. The summed E-state index contributed by atoms with van der Waals surface area (Å²) < 4.78 is 2.31. The largest absolute Gasteiger partial charge is 0.296 e. The van der Waals surface area contributed by atoms with Gasteiger partial charge in [-0.15, -0.1) is 0 Å². The van der Waals surface area contributed by atoms with E-state index in [9.17, 15) is 0 Å². The Balaban J connectivity index is 1.45. The second-order valence-electron chi connectivity index (χ2n) is 10.6. The summed E-state index contributed by atoms with van der Waals surface area (Å²) in [6.45, 7) is 2.18. The summed E-state index contributed by atoms with van der Waals surface area (Å²) in [6, 6.07) is 50.5. The molecule has 0 saturated heterocycles. The van der Waals surface area contributed by atoms with E-state index in [-0.39, 0.29) is 0 Å². The van der Waals surface area contributed by atoms with E-state index < -0.39 is 0 Å². The molecule has 1 heterocycles. The van der Waals surface area contributed by atoms with Gasteiger partial charge in [0.05, 0.1) is 11.0 Å². The van der Waals surface area contributed by atoms with Gasteiger partial charge in [-0.3, -0.25) is 4.57 Å². The van der Waals surface area contributed by atoms with Crippen molar-refractivity contribution in [2.75, 3.05) is 0 Å². The number of benzene rings is 7. The number of aromatic nitrogens is 2. The Morgan fingerprint density at radius 2 is 1.12 bits per heavy atom. The van der Waals surface area contributed by atoms with Gasteiger partial charge in [0.2, 0.25) is 0 Å². The maximum atomic E-state index is 4.94. The van der Waals surface area contributed by atoms with Crippen molar-refractivity contribution in [1.82, 2.24) is 9.55 Å². The first kappa shape index (κ1) is 23.7. The number of hydrogen-bond acceptors (Lipinski definition) is 1. The van der Waals surface area contributed by atoms with Crippen molar-refractivity contribution >= 4 is 43.4 Å². The van der Waals surface area contributed by atoms with Crippen LogP contribution in [-0.2, 0) is 6.42 Å². The monoisotopic (exact) mass is 524 g/mol. The SMILES string of the molecule is CCc1nc2ccccc2n1-c1cccc(-c2c3ccccc3c(-c3cccc4ccccc34)c3ccccc23)c1. The molecular weight excluding hydrogens is 496 g/mol. The van der Waals surface area contributed by atoms with Crippen LogP contribution in [0.4, 0.5) is 0 Å².